The number of fused-ring (bicyclic) bond motifs is 1. The lowest BCUT2D eigenvalue weighted by Crippen LogP contribution is -2.01. The third-order valence-electron chi connectivity index (χ3n) is 2.74. The van der Waals surface area contributed by atoms with Gasteiger partial charge < -0.3 is 18.9 Å². The van der Waals surface area contributed by atoms with Gasteiger partial charge in [0.2, 0.25) is 12.5 Å². The van der Waals surface area contributed by atoms with Gasteiger partial charge in [0.1, 0.15) is 12.9 Å². The molecule has 104 valence electrons. The van der Waals surface area contributed by atoms with Crippen molar-refractivity contribution in [1.29, 1.82) is 0 Å². The minimum absolute atomic E-state index is 0.211. The van der Waals surface area contributed by atoms with Gasteiger partial charge in [-0.1, -0.05) is 17.7 Å². The van der Waals surface area contributed by atoms with Gasteiger partial charge >= 0.3 is 0 Å². The number of ether oxygens (including phenoxy) is 4. The molecule has 1 aromatic heterocycles. The van der Waals surface area contributed by atoms with Crippen molar-refractivity contribution in [3.05, 3.63) is 35.2 Å². The van der Waals surface area contributed by atoms with Crippen molar-refractivity contribution >= 4 is 11.6 Å². The van der Waals surface area contributed by atoms with Gasteiger partial charge in [0.15, 0.2) is 16.7 Å². The molecule has 0 bridgehead atoms. The molecule has 0 unspecified atom stereocenters. The van der Waals surface area contributed by atoms with Gasteiger partial charge in [-0.3, -0.25) is 0 Å². The molecule has 1 aliphatic rings. The Morgan fingerprint density at radius 1 is 1.25 bits per heavy atom. The maximum atomic E-state index is 5.90. The van der Waals surface area contributed by atoms with Crippen LogP contribution in [0.2, 0.25) is 5.15 Å². The number of nitrogens with zero attached hydrogens (tertiary/aromatic N) is 2. The average Bonchev–Trinajstić information content (AvgIpc) is 2.92. The topological polar surface area (TPSA) is 62.7 Å². The van der Waals surface area contributed by atoms with Crippen LogP contribution in [0.15, 0.2) is 24.5 Å². The summed E-state index contributed by atoms with van der Waals surface area (Å²) < 4.78 is 21.3. The first-order chi connectivity index (χ1) is 9.78. The van der Waals surface area contributed by atoms with E-state index in [0.29, 0.717) is 24.0 Å². The Kier molecular flexibility index (Phi) is 3.47. The minimum Gasteiger partial charge on any atom is -0.489 e. The van der Waals surface area contributed by atoms with Crippen LogP contribution >= 0.6 is 11.6 Å². The van der Waals surface area contributed by atoms with Gasteiger partial charge in [-0.05, 0) is 17.7 Å². The number of halogens is 1. The summed E-state index contributed by atoms with van der Waals surface area (Å²) in [6.45, 7) is 0.551. The molecule has 0 radical (unpaired) electrons. The maximum Gasteiger partial charge on any atom is 0.262 e. The predicted octanol–water partition coefficient (Wildman–Crippen LogP) is 2.45. The fraction of sp³-hybridized carbons (Fsp3) is 0.231. The third-order valence-corrected chi connectivity index (χ3v) is 3.01. The second kappa shape index (κ2) is 5.42. The molecule has 3 rings (SSSR count). The molecule has 2 heterocycles. The zero-order valence-corrected chi connectivity index (χ0v) is 11.4. The monoisotopic (exact) mass is 294 g/mol. The van der Waals surface area contributed by atoms with E-state index in [9.17, 15) is 0 Å². The summed E-state index contributed by atoms with van der Waals surface area (Å²) in [4.78, 5) is 7.82. The molecule has 2 aromatic rings. The van der Waals surface area contributed by atoms with Gasteiger partial charge in [0, 0.05) is 0 Å². The van der Waals surface area contributed by atoms with Crippen LogP contribution in [0.1, 0.15) is 5.56 Å². The number of methoxy groups -OCH3 is 1. The molecule has 0 aliphatic carbocycles. The van der Waals surface area contributed by atoms with Gasteiger partial charge in [-0.25, -0.2) is 4.98 Å². The molecular weight excluding hydrogens is 284 g/mol. The molecule has 0 fully saturated rings. The number of hydrogen-bond acceptors (Lipinski definition) is 6. The standard InChI is InChI=1S/C13H11ClN2O4/c1-17-11-12(14)15-6-16-13(11)18-5-8-2-3-9-10(4-8)20-7-19-9/h2-4,6H,5,7H2,1H3. The Bertz CT molecular complexity index is 636. The van der Waals surface area contributed by atoms with E-state index >= 15 is 0 Å². The van der Waals surface area contributed by atoms with Crippen molar-refractivity contribution in [3.8, 4) is 23.1 Å². The highest BCUT2D eigenvalue weighted by Gasteiger charge is 2.15. The van der Waals surface area contributed by atoms with E-state index in [4.69, 9.17) is 30.5 Å². The van der Waals surface area contributed by atoms with Gasteiger partial charge in [0.25, 0.3) is 5.88 Å². The van der Waals surface area contributed by atoms with Crippen molar-refractivity contribution in [3.63, 3.8) is 0 Å². The summed E-state index contributed by atoms with van der Waals surface area (Å²) in [5.41, 5.74) is 0.922. The van der Waals surface area contributed by atoms with Crippen molar-refractivity contribution in [2.24, 2.45) is 0 Å². The van der Waals surface area contributed by atoms with Crippen molar-refractivity contribution < 1.29 is 18.9 Å². The summed E-state index contributed by atoms with van der Waals surface area (Å²) in [5.74, 6) is 2.05. The molecule has 0 N–H and O–H groups in total. The Balaban J connectivity index is 1.75. The number of rotatable bonds is 4. The molecule has 0 saturated heterocycles. The molecule has 0 atom stereocenters. The van der Waals surface area contributed by atoms with Crippen molar-refractivity contribution in [2.45, 2.75) is 6.61 Å². The predicted molar refractivity (Wildman–Crippen MR) is 70.5 cm³/mol. The molecule has 7 heteroatoms. The highest BCUT2D eigenvalue weighted by atomic mass is 35.5. The molecular formula is C13H11ClN2O4. The lowest BCUT2D eigenvalue weighted by atomic mass is 10.2. The first kappa shape index (κ1) is 12.8. The SMILES string of the molecule is COc1c(Cl)ncnc1OCc1ccc2c(c1)OCO2. The number of benzene rings is 1. The molecule has 0 saturated carbocycles. The van der Waals surface area contributed by atoms with Crippen LogP contribution in [0.25, 0.3) is 0 Å². The molecule has 0 amide bonds. The van der Waals surface area contributed by atoms with E-state index < -0.39 is 0 Å². The second-order valence-electron chi connectivity index (χ2n) is 3.98. The van der Waals surface area contributed by atoms with Crippen LogP contribution in [-0.2, 0) is 6.61 Å². The van der Waals surface area contributed by atoms with E-state index in [0.717, 1.165) is 11.3 Å². The van der Waals surface area contributed by atoms with E-state index in [2.05, 4.69) is 9.97 Å². The fourth-order valence-corrected chi connectivity index (χ4v) is 2.00. The van der Waals surface area contributed by atoms with Gasteiger partial charge in [0.05, 0.1) is 7.11 Å². The van der Waals surface area contributed by atoms with Crippen molar-refractivity contribution in [2.75, 3.05) is 13.9 Å². The zero-order valence-electron chi connectivity index (χ0n) is 10.6. The molecule has 20 heavy (non-hydrogen) atoms. The Labute approximate surface area is 120 Å². The summed E-state index contributed by atoms with van der Waals surface area (Å²) in [6.07, 6.45) is 1.32. The van der Waals surface area contributed by atoms with E-state index in [1.807, 2.05) is 18.2 Å². The highest BCUT2D eigenvalue weighted by Crippen LogP contribution is 2.34. The first-order valence-corrected chi connectivity index (χ1v) is 6.21. The zero-order chi connectivity index (χ0) is 13.9. The van der Waals surface area contributed by atoms with E-state index in [1.54, 1.807) is 0 Å². The normalized spacial score (nSPS) is 12.3. The lowest BCUT2D eigenvalue weighted by Gasteiger charge is -2.10. The van der Waals surface area contributed by atoms with E-state index in [-0.39, 0.29) is 11.9 Å². The second-order valence-corrected chi connectivity index (χ2v) is 4.34. The van der Waals surface area contributed by atoms with Crippen LogP contribution in [0, 0.1) is 0 Å². The Morgan fingerprint density at radius 3 is 2.95 bits per heavy atom. The smallest absolute Gasteiger partial charge is 0.262 e. The third kappa shape index (κ3) is 2.42. The number of hydrogen-bond donors (Lipinski definition) is 0. The number of aromatic nitrogens is 2. The molecule has 1 aliphatic heterocycles. The van der Waals surface area contributed by atoms with Crippen molar-refractivity contribution in [1.82, 2.24) is 9.97 Å². The maximum absolute atomic E-state index is 5.90. The summed E-state index contributed by atoms with van der Waals surface area (Å²) >= 11 is 5.90. The van der Waals surface area contributed by atoms with Crippen LogP contribution in [0.3, 0.4) is 0 Å². The lowest BCUT2D eigenvalue weighted by molar-refractivity contribution is 0.174. The minimum atomic E-state index is 0.211. The Hall–Kier alpha value is -2.21. The van der Waals surface area contributed by atoms with Crippen LogP contribution in [0.5, 0.6) is 23.1 Å². The largest absolute Gasteiger partial charge is 0.489 e. The van der Waals surface area contributed by atoms with E-state index in [1.165, 1.54) is 13.4 Å². The van der Waals surface area contributed by atoms with Gasteiger partial charge in [-0.2, -0.15) is 4.98 Å². The van der Waals surface area contributed by atoms with Crippen LogP contribution in [0.4, 0.5) is 0 Å². The molecule has 1 aromatic carbocycles. The summed E-state index contributed by atoms with van der Waals surface area (Å²) in [5, 5.41) is 0.211. The Morgan fingerprint density at radius 2 is 2.10 bits per heavy atom. The summed E-state index contributed by atoms with van der Waals surface area (Å²) in [7, 11) is 1.48. The summed E-state index contributed by atoms with van der Waals surface area (Å²) in [6, 6.07) is 5.59. The molecule has 6 nitrogen and oxygen atoms in total. The quantitative estimate of drug-likeness (QED) is 0.807. The van der Waals surface area contributed by atoms with Crippen LogP contribution < -0.4 is 18.9 Å². The molecule has 0 spiro atoms. The fourth-order valence-electron chi connectivity index (χ4n) is 1.79. The van der Waals surface area contributed by atoms with Gasteiger partial charge in [-0.15, -0.1) is 0 Å². The first-order valence-electron chi connectivity index (χ1n) is 5.83. The van der Waals surface area contributed by atoms with Crippen LogP contribution in [-0.4, -0.2) is 23.9 Å². The highest BCUT2D eigenvalue weighted by molar-refractivity contribution is 6.31. The average molecular weight is 295 g/mol.